The van der Waals surface area contributed by atoms with Crippen molar-refractivity contribution in [3.63, 3.8) is 0 Å². The molecule has 0 aromatic heterocycles. The van der Waals surface area contributed by atoms with Crippen LogP contribution in [-0.2, 0) is 6.54 Å². The molecular formula is C18H20BrFN2O2. The van der Waals surface area contributed by atoms with Gasteiger partial charge in [-0.3, -0.25) is 4.90 Å². The number of hydrogen-bond donors (Lipinski definition) is 1. The van der Waals surface area contributed by atoms with Crippen LogP contribution in [0.1, 0.15) is 5.56 Å². The molecule has 0 aliphatic carbocycles. The van der Waals surface area contributed by atoms with Crippen LogP contribution < -0.4 is 9.64 Å². The number of phenols is 1. The number of rotatable bonds is 4. The van der Waals surface area contributed by atoms with Gasteiger partial charge in [-0.1, -0.05) is 12.1 Å². The second kappa shape index (κ2) is 7.40. The molecule has 6 heteroatoms. The number of benzene rings is 2. The summed E-state index contributed by atoms with van der Waals surface area (Å²) in [5.74, 6) is 0.410. The van der Waals surface area contributed by atoms with Gasteiger partial charge in [0.05, 0.1) is 17.3 Å². The molecular weight excluding hydrogens is 375 g/mol. The van der Waals surface area contributed by atoms with Gasteiger partial charge in [-0.05, 0) is 45.8 Å². The Morgan fingerprint density at radius 2 is 1.88 bits per heavy atom. The standard InChI is InChI=1S/C18H20BrFN2O2/c1-24-17-11-13(10-14(19)18(17)23)12-21-6-8-22(9-7-21)16-5-3-2-4-15(16)20/h2-5,10-11,23H,6-9,12H2,1H3. The maximum Gasteiger partial charge on any atom is 0.172 e. The highest BCUT2D eigenvalue weighted by atomic mass is 79.9. The third-order valence-electron chi connectivity index (χ3n) is 4.28. The van der Waals surface area contributed by atoms with Gasteiger partial charge in [0.15, 0.2) is 11.5 Å². The molecule has 0 saturated carbocycles. The number of piperazine rings is 1. The number of phenolic OH excluding ortho intramolecular Hbond substituents is 1. The number of halogens is 2. The van der Waals surface area contributed by atoms with Gasteiger partial charge in [-0.25, -0.2) is 4.39 Å². The predicted octanol–water partition coefficient (Wildman–Crippen LogP) is 3.62. The van der Waals surface area contributed by atoms with E-state index in [0.29, 0.717) is 15.9 Å². The summed E-state index contributed by atoms with van der Waals surface area (Å²) < 4.78 is 19.7. The quantitative estimate of drug-likeness (QED) is 0.858. The summed E-state index contributed by atoms with van der Waals surface area (Å²) in [6.45, 7) is 4.05. The third-order valence-corrected chi connectivity index (χ3v) is 4.88. The maximum atomic E-state index is 13.9. The topological polar surface area (TPSA) is 35.9 Å². The van der Waals surface area contributed by atoms with Crippen LogP contribution in [0.4, 0.5) is 10.1 Å². The van der Waals surface area contributed by atoms with Crippen molar-refractivity contribution < 1.29 is 14.2 Å². The SMILES string of the molecule is COc1cc(CN2CCN(c3ccccc3F)CC2)cc(Br)c1O. The summed E-state index contributed by atoms with van der Waals surface area (Å²) in [5, 5.41) is 9.89. The average Bonchev–Trinajstić information content (AvgIpc) is 2.59. The van der Waals surface area contributed by atoms with E-state index < -0.39 is 0 Å². The van der Waals surface area contributed by atoms with E-state index >= 15 is 0 Å². The molecule has 1 N–H and O–H groups in total. The lowest BCUT2D eigenvalue weighted by atomic mass is 10.1. The molecule has 24 heavy (non-hydrogen) atoms. The summed E-state index contributed by atoms with van der Waals surface area (Å²) in [5.41, 5.74) is 1.74. The van der Waals surface area contributed by atoms with Gasteiger partial charge < -0.3 is 14.7 Å². The Morgan fingerprint density at radius 1 is 1.17 bits per heavy atom. The summed E-state index contributed by atoms with van der Waals surface area (Å²) in [6, 6.07) is 10.7. The van der Waals surface area contributed by atoms with Gasteiger partial charge >= 0.3 is 0 Å². The Morgan fingerprint density at radius 3 is 2.54 bits per heavy atom. The predicted molar refractivity (Wildman–Crippen MR) is 96.2 cm³/mol. The normalized spacial score (nSPS) is 15.5. The minimum absolute atomic E-state index is 0.116. The summed E-state index contributed by atoms with van der Waals surface area (Å²) >= 11 is 3.35. The molecule has 0 unspecified atom stereocenters. The highest BCUT2D eigenvalue weighted by Crippen LogP contribution is 2.35. The fourth-order valence-corrected chi connectivity index (χ4v) is 3.48. The lowest BCUT2D eigenvalue weighted by Crippen LogP contribution is -2.46. The molecule has 128 valence electrons. The van der Waals surface area contributed by atoms with Crippen LogP contribution in [0.5, 0.6) is 11.5 Å². The molecule has 1 fully saturated rings. The van der Waals surface area contributed by atoms with E-state index in [1.54, 1.807) is 13.2 Å². The van der Waals surface area contributed by atoms with Crippen LogP contribution in [0.3, 0.4) is 0 Å². The Labute approximate surface area is 149 Å². The molecule has 1 heterocycles. The van der Waals surface area contributed by atoms with Crippen LogP contribution in [0, 0.1) is 5.82 Å². The zero-order chi connectivity index (χ0) is 17.1. The van der Waals surface area contributed by atoms with Gasteiger partial charge in [0.2, 0.25) is 0 Å². The molecule has 0 amide bonds. The Balaban J connectivity index is 1.64. The third kappa shape index (κ3) is 3.65. The fraction of sp³-hybridized carbons (Fsp3) is 0.333. The lowest BCUT2D eigenvalue weighted by molar-refractivity contribution is 0.248. The van der Waals surface area contributed by atoms with Gasteiger partial charge in [0, 0.05) is 32.7 Å². The maximum absolute atomic E-state index is 13.9. The van der Waals surface area contributed by atoms with Crippen LogP contribution >= 0.6 is 15.9 Å². The Kier molecular flexibility index (Phi) is 5.26. The summed E-state index contributed by atoms with van der Waals surface area (Å²) in [4.78, 5) is 4.40. The first-order chi connectivity index (χ1) is 11.6. The first-order valence-corrected chi connectivity index (χ1v) is 8.65. The smallest absolute Gasteiger partial charge is 0.172 e. The zero-order valence-electron chi connectivity index (χ0n) is 13.5. The minimum atomic E-state index is -0.168. The monoisotopic (exact) mass is 394 g/mol. The van der Waals surface area contributed by atoms with Crippen LogP contribution in [0.2, 0.25) is 0 Å². The summed E-state index contributed by atoms with van der Waals surface area (Å²) in [6.07, 6.45) is 0. The van der Waals surface area contributed by atoms with Gasteiger partial charge in [-0.2, -0.15) is 0 Å². The molecule has 1 aliphatic heterocycles. The first kappa shape index (κ1) is 17.0. The van der Waals surface area contributed by atoms with E-state index in [1.807, 2.05) is 24.3 Å². The molecule has 0 radical (unpaired) electrons. The summed E-state index contributed by atoms with van der Waals surface area (Å²) in [7, 11) is 1.54. The van der Waals surface area contributed by atoms with Crippen molar-refractivity contribution in [1.29, 1.82) is 0 Å². The second-order valence-corrected chi connectivity index (χ2v) is 6.70. The van der Waals surface area contributed by atoms with Crippen molar-refractivity contribution in [1.82, 2.24) is 4.90 Å². The highest BCUT2D eigenvalue weighted by molar-refractivity contribution is 9.10. The van der Waals surface area contributed by atoms with Crippen molar-refractivity contribution in [2.45, 2.75) is 6.54 Å². The molecule has 4 nitrogen and oxygen atoms in total. The number of methoxy groups -OCH3 is 1. The minimum Gasteiger partial charge on any atom is -0.503 e. The van der Waals surface area contributed by atoms with Crippen molar-refractivity contribution in [3.8, 4) is 11.5 Å². The van der Waals surface area contributed by atoms with Crippen LogP contribution in [0.15, 0.2) is 40.9 Å². The molecule has 1 aliphatic rings. The van der Waals surface area contributed by atoms with E-state index in [2.05, 4.69) is 25.7 Å². The van der Waals surface area contributed by atoms with E-state index in [-0.39, 0.29) is 11.6 Å². The molecule has 0 spiro atoms. The number of aromatic hydroxyl groups is 1. The van der Waals surface area contributed by atoms with Crippen molar-refractivity contribution >= 4 is 21.6 Å². The van der Waals surface area contributed by atoms with Gasteiger partial charge in [0.25, 0.3) is 0 Å². The van der Waals surface area contributed by atoms with Crippen LogP contribution in [0.25, 0.3) is 0 Å². The van der Waals surface area contributed by atoms with E-state index in [1.165, 1.54) is 6.07 Å². The number of nitrogens with zero attached hydrogens (tertiary/aromatic N) is 2. The first-order valence-electron chi connectivity index (χ1n) is 7.85. The van der Waals surface area contributed by atoms with E-state index in [9.17, 15) is 9.50 Å². The van der Waals surface area contributed by atoms with E-state index in [0.717, 1.165) is 38.3 Å². The van der Waals surface area contributed by atoms with Gasteiger partial charge in [-0.15, -0.1) is 0 Å². The van der Waals surface area contributed by atoms with Crippen molar-refractivity contribution in [2.75, 3.05) is 38.2 Å². The average molecular weight is 395 g/mol. The zero-order valence-corrected chi connectivity index (χ0v) is 15.1. The molecule has 2 aromatic rings. The molecule has 0 bridgehead atoms. The van der Waals surface area contributed by atoms with Crippen molar-refractivity contribution in [3.05, 3.63) is 52.3 Å². The molecule has 2 aromatic carbocycles. The lowest BCUT2D eigenvalue weighted by Gasteiger charge is -2.36. The number of hydrogen-bond acceptors (Lipinski definition) is 4. The number of anilines is 1. The van der Waals surface area contributed by atoms with Crippen molar-refractivity contribution in [2.24, 2.45) is 0 Å². The Hall–Kier alpha value is -1.79. The fourth-order valence-electron chi connectivity index (χ4n) is 2.99. The molecule has 3 rings (SSSR count). The highest BCUT2D eigenvalue weighted by Gasteiger charge is 2.20. The number of ether oxygens (including phenoxy) is 1. The van der Waals surface area contributed by atoms with Gasteiger partial charge in [0.1, 0.15) is 5.82 Å². The largest absolute Gasteiger partial charge is 0.503 e. The second-order valence-electron chi connectivity index (χ2n) is 5.84. The molecule has 0 atom stereocenters. The number of para-hydroxylation sites is 1. The molecule has 1 saturated heterocycles. The Bertz CT molecular complexity index is 718. The van der Waals surface area contributed by atoms with E-state index in [4.69, 9.17) is 4.74 Å². The van der Waals surface area contributed by atoms with Crippen LogP contribution in [-0.4, -0.2) is 43.3 Å².